The van der Waals surface area contributed by atoms with E-state index in [4.69, 9.17) is 30.8 Å². The van der Waals surface area contributed by atoms with Gasteiger partial charge in [-0.3, -0.25) is 4.79 Å². The predicted octanol–water partition coefficient (Wildman–Crippen LogP) is 5.54. The molecule has 1 heterocycles. The van der Waals surface area contributed by atoms with E-state index in [9.17, 15) is 4.79 Å². The van der Waals surface area contributed by atoms with Crippen molar-refractivity contribution in [2.45, 2.75) is 25.8 Å². The summed E-state index contributed by atoms with van der Waals surface area (Å²) < 4.78 is 18.6. The second-order valence-electron chi connectivity index (χ2n) is 8.23. The fourth-order valence-electron chi connectivity index (χ4n) is 4.06. The first-order valence-corrected chi connectivity index (χ1v) is 12.3. The first-order chi connectivity index (χ1) is 17.6. The van der Waals surface area contributed by atoms with Crippen LogP contribution in [0.4, 0.5) is 0 Å². The lowest BCUT2D eigenvalue weighted by molar-refractivity contribution is 0.0952. The molecule has 188 valence electrons. The van der Waals surface area contributed by atoms with Crippen LogP contribution >= 0.6 is 11.6 Å². The van der Waals surface area contributed by atoms with Crippen molar-refractivity contribution in [1.29, 1.82) is 0 Å². The van der Waals surface area contributed by atoms with Gasteiger partial charge in [-0.05, 0) is 55.3 Å². The Bertz CT molecular complexity index is 1320. The zero-order chi connectivity index (χ0) is 25.3. The summed E-state index contributed by atoms with van der Waals surface area (Å²) in [4.78, 5) is 17.4. The van der Waals surface area contributed by atoms with E-state index in [-0.39, 0.29) is 5.91 Å². The molecular weight excluding hydrogens is 478 g/mol. The third-order valence-electron chi connectivity index (χ3n) is 5.86. The number of carbonyl (C=O) groups is 1. The Morgan fingerprint density at radius 2 is 1.72 bits per heavy atom. The average Bonchev–Trinajstić information content (AvgIpc) is 3.26. The van der Waals surface area contributed by atoms with Gasteiger partial charge in [0.05, 0.1) is 36.9 Å². The maximum absolute atomic E-state index is 12.6. The van der Waals surface area contributed by atoms with E-state index in [1.807, 2.05) is 42.5 Å². The molecule has 0 fully saturated rings. The SMILES string of the molecule is COc1ccc(C(=O)NCCCc2nc3ccccc3n2CCCOc2ccccc2Cl)cc1OC. The Hall–Kier alpha value is -3.71. The van der Waals surface area contributed by atoms with E-state index in [1.165, 1.54) is 0 Å². The van der Waals surface area contributed by atoms with E-state index in [2.05, 4.69) is 16.0 Å². The van der Waals surface area contributed by atoms with Crippen molar-refractivity contribution in [3.8, 4) is 17.2 Å². The number of carbonyl (C=O) groups excluding carboxylic acids is 1. The molecule has 36 heavy (non-hydrogen) atoms. The van der Waals surface area contributed by atoms with Crippen LogP contribution in [0, 0.1) is 0 Å². The van der Waals surface area contributed by atoms with Gasteiger partial charge in [0.25, 0.3) is 5.91 Å². The molecule has 1 aromatic heterocycles. The molecule has 0 aliphatic carbocycles. The number of halogens is 1. The number of nitrogens with zero attached hydrogens (tertiary/aromatic N) is 2. The monoisotopic (exact) mass is 507 g/mol. The number of benzene rings is 3. The fourth-order valence-corrected chi connectivity index (χ4v) is 4.25. The van der Waals surface area contributed by atoms with Crippen LogP contribution < -0.4 is 19.5 Å². The summed E-state index contributed by atoms with van der Waals surface area (Å²) >= 11 is 6.19. The normalized spacial score (nSPS) is 10.9. The zero-order valence-corrected chi connectivity index (χ0v) is 21.3. The molecule has 0 aliphatic rings. The van der Waals surface area contributed by atoms with Gasteiger partial charge in [-0.1, -0.05) is 35.9 Å². The van der Waals surface area contributed by atoms with Crippen LogP contribution in [0.15, 0.2) is 66.7 Å². The lowest BCUT2D eigenvalue weighted by Crippen LogP contribution is -2.25. The zero-order valence-electron chi connectivity index (χ0n) is 20.5. The molecule has 4 rings (SSSR count). The minimum absolute atomic E-state index is 0.152. The molecule has 0 bridgehead atoms. The highest BCUT2D eigenvalue weighted by atomic mass is 35.5. The lowest BCUT2D eigenvalue weighted by atomic mass is 10.2. The molecule has 0 saturated heterocycles. The van der Waals surface area contributed by atoms with Gasteiger partial charge in [0.1, 0.15) is 11.6 Å². The van der Waals surface area contributed by atoms with Gasteiger partial charge in [0, 0.05) is 25.1 Å². The van der Waals surface area contributed by atoms with Crippen molar-refractivity contribution in [3.63, 3.8) is 0 Å². The number of amides is 1. The number of para-hydroxylation sites is 3. The number of hydrogen-bond donors (Lipinski definition) is 1. The first kappa shape index (κ1) is 25.4. The van der Waals surface area contributed by atoms with Crippen molar-refractivity contribution < 1.29 is 19.0 Å². The van der Waals surface area contributed by atoms with Gasteiger partial charge >= 0.3 is 0 Å². The number of fused-ring (bicyclic) bond motifs is 1. The van der Waals surface area contributed by atoms with Crippen LogP contribution in [-0.4, -0.2) is 42.8 Å². The fraction of sp³-hybridized carbons (Fsp3) is 0.286. The van der Waals surface area contributed by atoms with E-state index in [0.717, 1.165) is 42.7 Å². The Balaban J connectivity index is 1.33. The largest absolute Gasteiger partial charge is 0.493 e. The van der Waals surface area contributed by atoms with E-state index >= 15 is 0 Å². The topological polar surface area (TPSA) is 74.6 Å². The number of hydrogen-bond acceptors (Lipinski definition) is 5. The third-order valence-corrected chi connectivity index (χ3v) is 6.17. The van der Waals surface area contributed by atoms with E-state index < -0.39 is 0 Å². The molecule has 0 atom stereocenters. The van der Waals surface area contributed by atoms with Crippen LogP contribution in [0.5, 0.6) is 17.2 Å². The summed E-state index contributed by atoms with van der Waals surface area (Å²) in [6, 6.07) is 20.7. The van der Waals surface area contributed by atoms with Crippen LogP contribution in [0.1, 0.15) is 29.0 Å². The number of ether oxygens (including phenoxy) is 3. The highest BCUT2D eigenvalue weighted by Gasteiger charge is 2.13. The molecule has 0 saturated carbocycles. The second-order valence-corrected chi connectivity index (χ2v) is 8.64. The molecule has 0 aliphatic heterocycles. The smallest absolute Gasteiger partial charge is 0.251 e. The van der Waals surface area contributed by atoms with Crippen molar-refractivity contribution in [2.24, 2.45) is 0 Å². The Kier molecular flexibility index (Phi) is 8.68. The molecular formula is C28H30ClN3O4. The van der Waals surface area contributed by atoms with Crippen LogP contribution in [0.25, 0.3) is 11.0 Å². The maximum Gasteiger partial charge on any atom is 0.251 e. The number of methoxy groups -OCH3 is 2. The van der Waals surface area contributed by atoms with Gasteiger partial charge in [-0.2, -0.15) is 0 Å². The number of aryl methyl sites for hydroxylation is 2. The van der Waals surface area contributed by atoms with Crippen molar-refractivity contribution in [3.05, 3.63) is 83.1 Å². The maximum atomic E-state index is 12.6. The molecule has 1 N–H and O–H groups in total. The molecule has 1 amide bonds. The molecule has 0 radical (unpaired) electrons. The minimum atomic E-state index is -0.152. The van der Waals surface area contributed by atoms with Gasteiger partial charge in [-0.25, -0.2) is 4.98 Å². The molecule has 7 nitrogen and oxygen atoms in total. The Morgan fingerprint density at radius 3 is 2.53 bits per heavy atom. The summed E-state index contributed by atoms with van der Waals surface area (Å²) in [5, 5.41) is 3.59. The average molecular weight is 508 g/mol. The highest BCUT2D eigenvalue weighted by molar-refractivity contribution is 6.32. The molecule has 0 spiro atoms. The van der Waals surface area contributed by atoms with E-state index in [1.54, 1.807) is 32.4 Å². The standard InChI is InChI=1S/C28H30ClN3O4/c1-34-25-15-14-20(19-26(25)35-2)28(33)30-16-7-13-27-31-22-10-4-5-11-23(22)32(27)17-8-18-36-24-12-6-3-9-21(24)29/h3-6,9-12,14-15,19H,7-8,13,16-18H2,1-2H3,(H,30,33). The van der Waals surface area contributed by atoms with Crippen molar-refractivity contribution >= 4 is 28.5 Å². The van der Waals surface area contributed by atoms with Crippen LogP contribution in [0.3, 0.4) is 0 Å². The predicted molar refractivity (Wildman–Crippen MR) is 141 cm³/mol. The lowest BCUT2D eigenvalue weighted by Gasteiger charge is -2.12. The van der Waals surface area contributed by atoms with Gasteiger partial charge in [0.15, 0.2) is 11.5 Å². The minimum Gasteiger partial charge on any atom is -0.493 e. The highest BCUT2D eigenvalue weighted by Crippen LogP contribution is 2.27. The summed E-state index contributed by atoms with van der Waals surface area (Å²) in [6.45, 7) is 1.86. The molecule has 0 unspecified atom stereocenters. The summed E-state index contributed by atoms with van der Waals surface area (Å²) in [5.74, 6) is 2.65. The number of aromatic nitrogens is 2. The first-order valence-electron chi connectivity index (χ1n) is 11.9. The number of imidazole rings is 1. The molecule has 8 heteroatoms. The Morgan fingerprint density at radius 1 is 0.944 bits per heavy atom. The van der Waals surface area contributed by atoms with Crippen molar-refractivity contribution in [1.82, 2.24) is 14.9 Å². The molecule has 4 aromatic rings. The summed E-state index contributed by atoms with van der Waals surface area (Å²) in [6.07, 6.45) is 2.32. The summed E-state index contributed by atoms with van der Waals surface area (Å²) in [5.41, 5.74) is 2.59. The van der Waals surface area contributed by atoms with Crippen LogP contribution in [-0.2, 0) is 13.0 Å². The van der Waals surface area contributed by atoms with Gasteiger partial charge < -0.3 is 24.1 Å². The summed E-state index contributed by atoms with van der Waals surface area (Å²) in [7, 11) is 3.12. The van der Waals surface area contributed by atoms with Crippen molar-refractivity contribution in [2.75, 3.05) is 27.4 Å². The number of rotatable bonds is 12. The second kappa shape index (κ2) is 12.3. The van der Waals surface area contributed by atoms with E-state index in [0.29, 0.717) is 41.0 Å². The van der Waals surface area contributed by atoms with Gasteiger partial charge in [0.2, 0.25) is 0 Å². The molecule has 3 aromatic carbocycles. The number of nitrogens with one attached hydrogen (secondary N) is 1. The third kappa shape index (κ3) is 6.10. The quantitative estimate of drug-likeness (QED) is 0.255. The van der Waals surface area contributed by atoms with Crippen LogP contribution in [0.2, 0.25) is 5.02 Å². The van der Waals surface area contributed by atoms with Gasteiger partial charge in [-0.15, -0.1) is 0 Å². The Labute approximate surface area is 216 Å².